The number of pyridine rings is 2. The normalized spacial score (nSPS) is 13.2. The number of rotatable bonds is 31. The minimum absolute atomic E-state index is 0. The number of hydrogen-bond acceptors (Lipinski definition) is 13. The number of ether oxygens (including phenoxy) is 7. The number of aldehydes is 1. The molecule has 0 radical (unpaired) electrons. The van der Waals surface area contributed by atoms with E-state index in [9.17, 15) is 9.90 Å². The average Bonchev–Trinajstić information content (AvgIpc) is 1.06. The quantitative estimate of drug-likeness (QED) is 0.0251. The van der Waals surface area contributed by atoms with Crippen molar-refractivity contribution in [3.8, 4) is 23.0 Å². The van der Waals surface area contributed by atoms with Crippen LogP contribution < -0.4 is 28.7 Å². The molecule has 13 nitrogen and oxygen atoms in total. The van der Waals surface area contributed by atoms with Crippen molar-refractivity contribution < 1.29 is 45.9 Å². The first-order valence-electron chi connectivity index (χ1n) is 44.2. The molecule has 127 heavy (non-hydrogen) atoms. The summed E-state index contributed by atoms with van der Waals surface area (Å²) in [6, 6.07) is 117. The van der Waals surface area contributed by atoms with E-state index >= 15 is 0 Å². The zero-order valence-electron chi connectivity index (χ0n) is 76.3. The third-order valence-corrected chi connectivity index (χ3v) is 24.4. The number of fused-ring (bicyclic) bond motifs is 2. The Hall–Kier alpha value is -11.5. The number of hydrogen-bond donors (Lipinski definition) is 1. The number of aromatic nitrogens is 2. The molecule has 1 N–H and O–H groups in total. The Morgan fingerprint density at radius 2 is 0.795 bits per heavy atom. The fourth-order valence-electron chi connectivity index (χ4n) is 17.3. The SMILES string of the molecule is Brc1ccc2c(c1)OCC2.C1CCOC1.CC[C@H](c1ccc(OC)cc1COC(c1ccccc1)(c1ccccc1)c1ccccc1)c1nc(N(Cc2ccccc2)C(C)C)ccc1C=O.CC[C@H](c1ccc(OC)cc1COC(c1ccccc1)(c1ccccc1)c1ccccc1)c1nc(N(Cc2ccccc2)C(C)C)ccc1[C@H](O)c1ccc2c(c1)OCC2.[H-].[H-].[Mg+2]. The summed E-state index contributed by atoms with van der Waals surface area (Å²) in [6.07, 6.45) is 5.95. The summed E-state index contributed by atoms with van der Waals surface area (Å²) in [7, 11) is 3.38. The van der Waals surface area contributed by atoms with Crippen molar-refractivity contribution in [1.82, 2.24) is 9.97 Å². The minimum atomic E-state index is -0.924. The standard InChI is InChI=1S/C54H54N2O4.C46H46N2O3.C8H7BrO.C4H8O.Mg.2H/c1-5-47(52-49(53(57)41-27-26-40-32-33-59-50(40)35-41)30-31-51(55-52)56(38(2)3)36-39-18-10-6-11-19-39)48-29-28-46(58-4)34-42(48)37-60-54(43-20-12-7-13-21-43,44-22-14-8-15-23-44)45-24-16-9-17-25-45;1-5-42(45-36(32-49)26-29-44(47-45)48(34(2)3)31-35-18-10-6-11-19-35)43-28-27-41(50-4)30-37(43)33-51-46(38-20-12-7-13-21-38,39-22-14-8-15-23-39)40-24-16-9-17-25-40;9-7-2-1-6-3-4-10-8(6)5-7;1-2-4-5-3-1;;;/h6-31,34-35,38,47,53,57H,5,32-33,36-37H2,1-4H3;6-30,32,34,42H,5,31,33H2,1-4H3;1-2,5H,3-4H2;1-4H2;;;/q;;;;+2;2*-1/t47-,53-;42-;;;;;/m11...../s1. The van der Waals surface area contributed by atoms with E-state index in [1.54, 1.807) is 14.2 Å². The van der Waals surface area contributed by atoms with Gasteiger partial charge in [-0.1, -0.05) is 309 Å². The van der Waals surface area contributed by atoms with Crippen molar-refractivity contribution in [2.75, 3.05) is 50.4 Å². The topological polar surface area (TPSA) is 134 Å². The van der Waals surface area contributed by atoms with E-state index in [1.165, 1.54) is 35.1 Å². The molecule has 12 aromatic carbocycles. The van der Waals surface area contributed by atoms with E-state index in [2.05, 4.69) is 310 Å². The van der Waals surface area contributed by atoms with Crippen LogP contribution in [0.25, 0.3) is 0 Å². The number of methoxy groups -OCH3 is 2. The molecule has 0 spiro atoms. The van der Waals surface area contributed by atoms with E-state index in [1.807, 2.05) is 97.1 Å². The van der Waals surface area contributed by atoms with Crippen LogP contribution in [0.5, 0.6) is 23.0 Å². The Kier molecular flexibility index (Phi) is 33.6. The first kappa shape index (κ1) is 93.1. The van der Waals surface area contributed by atoms with Gasteiger partial charge in [-0.05, 0) is 197 Å². The number of benzene rings is 12. The summed E-state index contributed by atoms with van der Waals surface area (Å²) in [5, 5.41) is 12.4. The minimum Gasteiger partial charge on any atom is -1.00 e. The first-order valence-corrected chi connectivity index (χ1v) is 45.0. The van der Waals surface area contributed by atoms with Crippen LogP contribution in [-0.2, 0) is 64.6 Å². The van der Waals surface area contributed by atoms with Gasteiger partial charge >= 0.3 is 23.1 Å². The Bertz CT molecular complexity index is 5580. The number of nitrogens with zero attached hydrogens (tertiary/aromatic N) is 4. The number of carbonyl (C=O) groups excluding carboxylic acids is 1. The van der Waals surface area contributed by atoms with Gasteiger partial charge < -0.3 is 50.9 Å². The van der Waals surface area contributed by atoms with E-state index in [0.29, 0.717) is 25.3 Å². The van der Waals surface area contributed by atoms with Crippen molar-refractivity contribution in [3.05, 3.63) is 450 Å². The Labute approximate surface area is 778 Å². The molecule has 1 saturated heterocycles. The number of carbonyl (C=O) groups is 1. The van der Waals surface area contributed by atoms with Gasteiger partial charge in [0, 0.05) is 78.7 Å². The molecule has 14 aromatic rings. The van der Waals surface area contributed by atoms with Crippen LogP contribution in [0.15, 0.2) is 344 Å². The van der Waals surface area contributed by atoms with Crippen LogP contribution in [-0.4, -0.2) is 97.1 Å². The average molecular weight is 1770 g/mol. The fourth-order valence-corrected chi connectivity index (χ4v) is 17.7. The molecule has 3 aliphatic rings. The molecule has 0 bridgehead atoms. The van der Waals surface area contributed by atoms with Gasteiger partial charge in [0.15, 0.2) is 6.29 Å². The molecule has 0 unspecified atom stereocenters. The van der Waals surface area contributed by atoms with Crippen LogP contribution in [0.1, 0.15) is 199 Å². The molecule has 648 valence electrons. The molecule has 0 aliphatic carbocycles. The second kappa shape index (κ2) is 45.8. The van der Waals surface area contributed by atoms with Crippen molar-refractivity contribution in [3.63, 3.8) is 0 Å². The van der Waals surface area contributed by atoms with E-state index < -0.39 is 17.3 Å². The maximum Gasteiger partial charge on any atom is 2.00 e. The van der Waals surface area contributed by atoms with Gasteiger partial charge in [-0.2, -0.15) is 0 Å². The van der Waals surface area contributed by atoms with Gasteiger partial charge in [0.25, 0.3) is 0 Å². The molecular formula is C112H117BrMgN4O9. The Morgan fingerprint density at radius 3 is 1.17 bits per heavy atom. The molecule has 3 atom stereocenters. The summed E-state index contributed by atoms with van der Waals surface area (Å²) in [5.41, 5.74) is 17.1. The third-order valence-electron chi connectivity index (χ3n) is 24.0. The maximum atomic E-state index is 12.6. The summed E-state index contributed by atoms with van der Waals surface area (Å²) in [6.45, 7) is 18.6. The molecule has 2 aromatic heterocycles. The van der Waals surface area contributed by atoms with E-state index in [0.717, 1.165) is 169 Å². The molecule has 17 rings (SSSR count). The van der Waals surface area contributed by atoms with E-state index in [4.69, 9.17) is 43.1 Å². The maximum absolute atomic E-state index is 12.6. The van der Waals surface area contributed by atoms with Crippen LogP contribution >= 0.6 is 15.9 Å². The predicted molar refractivity (Wildman–Crippen MR) is 519 cm³/mol. The van der Waals surface area contributed by atoms with Gasteiger partial charge in [-0.3, -0.25) is 4.79 Å². The second-order valence-electron chi connectivity index (χ2n) is 32.5. The van der Waals surface area contributed by atoms with Crippen molar-refractivity contribution in [2.45, 2.75) is 148 Å². The molecule has 5 heterocycles. The summed E-state index contributed by atoms with van der Waals surface area (Å²) < 4.78 is 43.7. The summed E-state index contributed by atoms with van der Waals surface area (Å²) >= 11 is 3.38. The number of aliphatic hydroxyl groups excluding tert-OH is 1. The second-order valence-corrected chi connectivity index (χ2v) is 33.5. The molecule has 0 amide bonds. The van der Waals surface area contributed by atoms with Crippen LogP contribution in [0.4, 0.5) is 11.6 Å². The van der Waals surface area contributed by atoms with Gasteiger partial charge in [-0.25, -0.2) is 9.97 Å². The number of aliphatic hydroxyl groups is 1. The van der Waals surface area contributed by atoms with Crippen LogP contribution in [0, 0.1) is 0 Å². The zero-order valence-corrected chi connectivity index (χ0v) is 77.3. The molecule has 15 heteroatoms. The van der Waals surface area contributed by atoms with Gasteiger partial charge in [-0.15, -0.1) is 0 Å². The smallest absolute Gasteiger partial charge is 1.00 e. The summed E-state index contributed by atoms with van der Waals surface area (Å²) in [4.78, 5) is 28.0. The first-order chi connectivity index (χ1) is 61.7. The van der Waals surface area contributed by atoms with Gasteiger partial charge in [0.05, 0.1) is 52.0 Å². The van der Waals surface area contributed by atoms with Gasteiger partial charge in [0.2, 0.25) is 0 Å². The van der Waals surface area contributed by atoms with Crippen LogP contribution in [0.2, 0.25) is 0 Å². The molecule has 0 saturated carbocycles. The zero-order chi connectivity index (χ0) is 87.6. The predicted octanol–water partition coefficient (Wildman–Crippen LogP) is 25.0. The fraction of sp³-hybridized carbons (Fsp3) is 0.259. The monoisotopic (exact) mass is 1760 g/mol. The molecule has 1 fully saturated rings. The number of anilines is 2. The largest absolute Gasteiger partial charge is 2.00 e. The van der Waals surface area contributed by atoms with Crippen molar-refractivity contribution >= 4 is 56.9 Å². The van der Waals surface area contributed by atoms with Crippen molar-refractivity contribution in [2.24, 2.45) is 0 Å². The number of halogens is 1. The Morgan fingerprint density at radius 1 is 0.433 bits per heavy atom. The van der Waals surface area contributed by atoms with Crippen molar-refractivity contribution in [1.29, 1.82) is 0 Å². The van der Waals surface area contributed by atoms with E-state index in [-0.39, 0.29) is 63.0 Å². The summed E-state index contributed by atoms with van der Waals surface area (Å²) in [5.74, 6) is 4.69. The van der Waals surface area contributed by atoms with Gasteiger partial charge in [0.1, 0.15) is 51.9 Å². The molecule has 3 aliphatic heterocycles. The third kappa shape index (κ3) is 22.5. The Balaban J connectivity index is 0.000000211. The van der Waals surface area contributed by atoms with Crippen LogP contribution in [0.3, 0.4) is 0 Å². The molecular weight excluding hydrogens is 1650 g/mol.